The fraction of sp³-hybridized carbons (Fsp3) is 0.235. The van der Waals surface area contributed by atoms with Crippen molar-refractivity contribution in [3.05, 3.63) is 64.2 Å². The molecule has 0 atom stereocenters. The summed E-state index contributed by atoms with van der Waals surface area (Å²) in [6.07, 6.45) is -9.25. The minimum atomic E-state index is -4.91. The smallest absolute Gasteiger partial charge is 0.416 e. The number of hydrogen-bond donors (Lipinski definition) is 0. The van der Waals surface area contributed by atoms with Crippen LogP contribution in [0.15, 0.2) is 36.4 Å². The largest absolute Gasteiger partial charge is 0.489 e. The summed E-state index contributed by atoms with van der Waals surface area (Å²) in [6.45, 7) is 1.06. The average Bonchev–Trinajstić information content (AvgIpc) is 2.52. The Morgan fingerprint density at radius 2 is 1.52 bits per heavy atom. The highest BCUT2D eigenvalue weighted by molar-refractivity contribution is 5.78. The maximum absolute atomic E-state index is 12.8. The summed E-state index contributed by atoms with van der Waals surface area (Å²) >= 11 is 0. The molecule has 2 aromatic carbocycles. The Morgan fingerprint density at radius 3 is 2.00 bits per heavy atom. The van der Waals surface area contributed by atoms with Gasteiger partial charge in [-0.2, -0.15) is 26.3 Å². The molecule has 0 unspecified atom stereocenters. The Balaban J connectivity index is 2.35. The number of aldehydes is 1. The van der Waals surface area contributed by atoms with Crippen molar-refractivity contribution in [2.75, 3.05) is 0 Å². The Hall–Kier alpha value is -2.51. The molecule has 0 saturated heterocycles. The highest BCUT2D eigenvalue weighted by Crippen LogP contribution is 2.36. The molecular weight excluding hydrogens is 350 g/mol. The number of rotatable bonds is 4. The second kappa shape index (κ2) is 6.78. The summed E-state index contributed by atoms with van der Waals surface area (Å²) in [5, 5.41) is 0. The molecule has 8 heteroatoms. The summed E-state index contributed by atoms with van der Waals surface area (Å²) in [5.41, 5.74) is -2.32. The lowest BCUT2D eigenvalue weighted by Gasteiger charge is -2.15. The van der Waals surface area contributed by atoms with Crippen LogP contribution in [0.5, 0.6) is 5.75 Å². The fourth-order valence-electron chi connectivity index (χ4n) is 2.18. The summed E-state index contributed by atoms with van der Waals surface area (Å²) in [5.74, 6) is 0.204. The van der Waals surface area contributed by atoms with Crippen LogP contribution in [-0.4, -0.2) is 6.29 Å². The number of carbonyl (C=O) groups is 1. The molecule has 2 nitrogen and oxygen atoms in total. The van der Waals surface area contributed by atoms with E-state index in [4.69, 9.17) is 4.74 Å². The molecule has 0 aromatic heterocycles. The van der Waals surface area contributed by atoms with Crippen molar-refractivity contribution < 1.29 is 35.9 Å². The molecule has 134 valence electrons. The Labute approximate surface area is 139 Å². The molecule has 0 spiro atoms. The average molecular weight is 362 g/mol. The SMILES string of the molecule is Cc1c(C=O)cccc1OCc1cc(C(F)(F)F)cc(C(F)(F)F)c1. The second-order valence-corrected chi connectivity index (χ2v) is 5.29. The fourth-order valence-corrected chi connectivity index (χ4v) is 2.18. The molecule has 0 fully saturated rings. The van der Waals surface area contributed by atoms with Crippen LogP contribution in [-0.2, 0) is 19.0 Å². The van der Waals surface area contributed by atoms with E-state index in [0.717, 1.165) is 0 Å². The topological polar surface area (TPSA) is 26.3 Å². The zero-order valence-electron chi connectivity index (χ0n) is 12.8. The van der Waals surface area contributed by atoms with Gasteiger partial charge in [0.05, 0.1) is 11.1 Å². The first kappa shape index (κ1) is 18.8. The van der Waals surface area contributed by atoms with Gasteiger partial charge in [0.2, 0.25) is 0 Å². The van der Waals surface area contributed by atoms with Crippen molar-refractivity contribution in [2.45, 2.75) is 25.9 Å². The van der Waals surface area contributed by atoms with Gasteiger partial charge in [-0.05, 0) is 36.8 Å². The van der Waals surface area contributed by atoms with Gasteiger partial charge >= 0.3 is 12.4 Å². The van der Waals surface area contributed by atoms with Crippen LogP contribution in [0.1, 0.15) is 32.6 Å². The van der Waals surface area contributed by atoms with Crippen molar-refractivity contribution >= 4 is 6.29 Å². The van der Waals surface area contributed by atoms with Gasteiger partial charge in [-0.1, -0.05) is 12.1 Å². The Kier molecular flexibility index (Phi) is 5.10. The molecule has 0 bridgehead atoms. The normalized spacial score (nSPS) is 12.1. The molecule has 0 aliphatic rings. The van der Waals surface area contributed by atoms with E-state index in [2.05, 4.69) is 0 Å². The van der Waals surface area contributed by atoms with Crippen molar-refractivity contribution in [3.63, 3.8) is 0 Å². The molecule has 2 aromatic rings. The third kappa shape index (κ3) is 4.52. The maximum Gasteiger partial charge on any atom is 0.416 e. The maximum atomic E-state index is 12.8. The highest BCUT2D eigenvalue weighted by Gasteiger charge is 2.36. The molecule has 25 heavy (non-hydrogen) atoms. The van der Waals surface area contributed by atoms with E-state index in [-0.39, 0.29) is 17.4 Å². The van der Waals surface area contributed by atoms with Crippen molar-refractivity contribution in [2.24, 2.45) is 0 Å². The van der Waals surface area contributed by atoms with Gasteiger partial charge in [-0.15, -0.1) is 0 Å². The van der Waals surface area contributed by atoms with Gasteiger partial charge in [-0.25, -0.2) is 0 Å². The van der Waals surface area contributed by atoms with E-state index in [1.807, 2.05) is 0 Å². The van der Waals surface area contributed by atoms with Gasteiger partial charge in [0.1, 0.15) is 18.6 Å². The quantitative estimate of drug-likeness (QED) is 0.536. The molecular formula is C17H12F6O2. The first-order chi connectivity index (χ1) is 11.5. The standard InChI is InChI=1S/C17H12F6O2/c1-10-12(8-24)3-2-4-15(10)25-9-11-5-13(16(18,19)20)7-14(6-11)17(21,22)23/h2-8H,9H2,1H3. The van der Waals surface area contributed by atoms with E-state index < -0.39 is 30.1 Å². The first-order valence-electron chi connectivity index (χ1n) is 6.98. The number of hydrogen-bond acceptors (Lipinski definition) is 2. The van der Waals surface area contributed by atoms with E-state index in [0.29, 0.717) is 29.5 Å². The molecule has 0 radical (unpaired) electrons. The predicted molar refractivity (Wildman–Crippen MR) is 77.3 cm³/mol. The van der Waals surface area contributed by atoms with Gasteiger partial charge in [0.15, 0.2) is 0 Å². The summed E-state index contributed by atoms with van der Waals surface area (Å²) < 4.78 is 82.2. The monoisotopic (exact) mass is 362 g/mol. The highest BCUT2D eigenvalue weighted by atomic mass is 19.4. The van der Waals surface area contributed by atoms with Gasteiger partial charge in [0, 0.05) is 11.1 Å². The summed E-state index contributed by atoms with van der Waals surface area (Å²) in [4.78, 5) is 10.9. The van der Waals surface area contributed by atoms with E-state index in [1.54, 1.807) is 6.92 Å². The number of halogens is 6. The number of benzene rings is 2. The molecule has 0 aliphatic heterocycles. The number of alkyl halides is 6. The van der Waals surface area contributed by atoms with Crippen LogP contribution >= 0.6 is 0 Å². The molecule has 0 saturated carbocycles. The molecule has 0 amide bonds. The van der Waals surface area contributed by atoms with Crippen molar-refractivity contribution in [3.8, 4) is 5.75 Å². The zero-order valence-corrected chi connectivity index (χ0v) is 12.8. The van der Waals surface area contributed by atoms with Crippen LogP contribution in [0.3, 0.4) is 0 Å². The molecule has 0 aliphatic carbocycles. The van der Waals surface area contributed by atoms with Crippen LogP contribution in [0.2, 0.25) is 0 Å². The minimum absolute atomic E-state index is 0.0573. The van der Waals surface area contributed by atoms with Crippen molar-refractivity contribution in [1.82, 2.24) is 0 Å². The minimum Gasteiger partial charge on any atom is -0.489 e. The van der Waals surface area contributed by atoms with Crippen LogP contribution in [0, 0.1) is 6.92 Å². The number of ether oxygens (including phenoxy) is 1. The van der Waals surface area contributed by atoms with Crippen LogP contribution in [0.25, 0.3) is 0 Å². The van der Waals surface area contributed by atoms with Crippen molar-refractivity contribution in [1.29, 1.82) is 0 Å². The van der Waals surface area contributed by atoms with Gasteiger partial charge in [-0.3, -0.25) is 4.79 Å². The van der Waals surface area contributed by atoms with E-state index in [1.165, 1.54) is 18.2 Å². The van der Waals surface area contributed by atoms with Gasteiger partial charge < -0.3 is 4.74 Å². The Morgan fingerprint density at radius 1 is 0.960 bits per heavy atom. The Bertz CT molecular complexity index is 745. The summed E-state index contributed by atoms with van der Waals surface area (Å²) in [7, 11) is 0. The molecule has 0 N–H and O–H groups in total. The number of carbonyl (C=O) groups excluding carboxylic acids is 1. The lowest BCUT2D eigenvalue weighted by atomic mass is 10.0. The van der Waals surface area contributed by atoms with Gasteiger partial charge in [0.25, 0.3) is 0 Å². The zero-order chi connectivity index (χ0) is 18.8. The van der Waals surface area contributed by atoms with E-state index >= 15 is 0 Å². The van der Waals surface area contributed by atoms with Crippen LogP contribution < -0.4 is 4.74 Å². The lowest BCUT2D eigenvalue weighted by molar-refractivity contribution is -0.143. The molecule has 0 heterocycles. The van der Waals surface area contributed by atoms with Crippen LogP contribution in [0.4, 0.5) is 26.3 Å². The third-order valence-corrected chi connectivity index (χ3v) is 3.49. The van der Waals surface area contributed by atoms with E-state index in [9.17, 15) is 31.1 Å². The lowest BCUT2D eigenvalue weighted by Crippen LogP contribution is -2.12. The second-order valence-electron chi connectivity index (χ2n) is 5.29. The predicted octanol–water partition coefficient (Wildman–Crippen LogP) is 5.42. The summed E-state index contributed by atoms with van der Waals surface area (Å²) in [6, 6.07) is 5.76. The first-order valence-corrected chi connectivity index (χ1v) is 6.98. The third-order valence-electron chi connectivity index (χ3n) is 3.49. The molecule has 2 rings (SSSR count).